The number of thioether (sulfide) groups is 1. The third-order valence-corrected chi connectivity index (χ3v) is 7.53. The second kappa shape index (κ2) is 17.2. The number of rotatable bonds is 12. The fourth-order valence-electron chi connectivity index (χ4n) is 4.50. The van der Waals surface area contributed by atoms with Crippen LogP contribution < -0.4 is 25.3 Å². The smallest absolute Gasteiger partial charge is 0.422 e. The number of aromatic nitrogens is 6. The maximum Gasteiger partial charge on any atom is 0.422 e. The zero-order valence-electron chi connectivity index (χ0n) is 28.1. The highest BCUT2D eigenvalue weighted by Gasteiger charge is 2.29. The lowest BCUT2D eigenvalue weighted by molar-refractivity contribution is -0.154. The second-order valence-electron chi connectivity index (χ2n) is 10.6. The summed E-state index contributed by atoms with van der Waals surface area (Å²) in [6, 6.07) is 13.9. The van der Waals surface area contributed by atoms with Crippen LogP contribution in [-0.4, -0.2) is 67.0 Å². The minimum atomic E-state index is -4.43. The predicted molar refractivity (Wildman–Crippen MR) is 181 cm³/mol. The van der Waals surface area contributed by atoms with Crippen LogP contribution in [0.4, 0.5) is 26.3 Å². The molecule has 0 atom stereocenters. The highest BCUT2D eigenvalue weighted by Crippen LogP contribution is 2.25. The molecule has 54 heavy (non-hydrogen) atoms. The van der Waals surface area contributed by atoms with Crippen molar-refractivity contribution in [3.63, 3.8) is 0 Å². The van der Waals surface area contributed by atoms with Gasteiger partial charge in [0, 0.05) is 12.1 Å². The minimum Gasteiger partial charge on any atom is -0.484 e. The fourth-order valence-corrected chi connectivity index (χ4v) is 5.25. The van der Waals surface area contributed by atoms with Crippen LogP contribution in [0.3, 0.4) is 0 Å². The lowest BCUT2D eigenvalue weighted by Crippen LogP contribution is -2.22. The Balaban J connectivity index is 0.000000208. The molecule has 0 spiro atoms. The summed E-state index contributed by atoms with van der Waals surface area (Å²) in [5, 5.41) is 0.437. The van der Waals surface area contributed by atoms with E-state index < -0.39 is 31.1 Å². The molecule has 0 fully saturated rings. The molecule has 0 aliphatic rings. The maximum absolute atomic E-state index is 12.6. The molecule has 0 saturated carbocycles. The van der Waals surface area contributed by atoms with Gasteiger partial charge in [-0.25, -0.2) is 19.5 Å². The van der Waals surface area contributed by atoms with E-state index in [2.05, 4.69) is 29.4 Å². The van der Waals surface area contributed by atoms with Crippen molar-refractivity contribution in [2.24, 2.45) is 0 Å². The standard InChI is InChI=1S/C17H14F3N3O4.C17H14F3N3O3S/c1-2-26-16-22-13(14-8-25-10-21-14)7-15(24)23(16)11-3-5-12(6-4-11)27-9-17(18,19)20;1-2-27-16-22-13(14-8-25-10-21-14)7-15(24)23(16)11-3-5-12(6-4-11)26-9-17(18,19)20/h2*3-8,10H,2,9H2,1H3. The van der Waals surface area contributed by atoms with E-state index in [4.69, 9.17) is 13.6 Å². The first-order chi connectivity index (χ1) is 25.7. The normalized spacial score (nSPS) is 11.5. The molecule has 13 nitrogen and oxygen atoms in total. The summed E-state index contributed by atoms with van der Waals surface area (Å²) in [6.07, 6.45) is -3.66. The molecule has 0 bridgehead atoms. The van der Waals surface area contributed by atoms with E-state index in [9.17, 15) is 35.9 Å². The van der Waals surface area contributed by atoms with E-state index in [-0.39, 0.29) is 35.4 Å². The van der Waals surface area contributed by atoms with Crippen LogP contribution in [0.25, 0.3) is 34.2 Å². The first kappa shape index (κ1) is 39.2. The molecule has 6 rings (SSSR count). The molecule has 4 aromatic heterocycles. The van der Waals surface area contributed by atoms with Crippen molar-refractivity contribution in [1.29, 1.82) is 0 Å². The largest absolute Gasteiger partial charge is 0.484 e. The van der Waals surface area contributed by atoms with Crippen molar-refractivity contribution in [2.75, 3.05) is 25.6 Å². The quantitative estimate of drug-likeness (QED) is 0.0705. The van der Waals surface area contributed by atoms with Crippen LogP contribution >= 0.6 is 11.8 Å². The van der Waals surface area contributed by atoms with Crippen molar-refractivity contribution in [3.05, 3.63) is 107 Å². The summed E-state index contributed by atoms with van der Waals surface area (Å²) in [5.41, 5.74) is 1.50. The molecule has 2 aromatic carbocycles. The van der Waals surface area contributed by atoms with E-state index in [1.807, 2.05) is 6.92 Å². The Labute approximate surface area is 305 Å². The fraction of sp³-hybridized carbons (Fsp3) is 0.235. The summed E-state index contributed by atoms with van der Waals surface area (Å²) < 4.78 is 101. The summed E-state index contributed by atoms with van der Waals surface area (Å²) in [4.78, 5) is 41.9. The van der Waals surface area contributed by atoms with Gasteiger partial charge >= 0.3 is 18.4 Å². The van der Waals surface area contributed by atoms with Crippen LogP contribution in [0.1, 0.15) is 13.8 Å². The van der Waals surface area contributed by atoms with E-state index in [1.54, 1.807) is 6.92 Å². The van der Waals surface area contributed by atoms with Gasteiger partial charge in [0.2, 0.25) is 0 Å². The molecule has 0 aliphatic carbocycles. The van der Waals surface area contributed by atoms with Gasteiger partial charge in [0.1, 0.15) is 46.8 Å². The Morgan fingerprint density at radius 2 is 1.11 bits per heavy atom. The first-order valence-electron chi connectivity index (χ1n) is 15.7. The van der Waals surface area contributed by atoms with Crippen molar-refractivity contribution in [2.45, 2.75) is 31.4 Å². The van der Waals surface area contributed by atoms with Gasteiger partial charge in [0.15, 0.2) is 31.2 Å². The lowest BCUT2D eigenvalue weighted by Gasteiger charge is -2.13. The predicted octanol–water partition coefficient (Wildman–Crippen LogP) is 7.17. The molecule has 0 saturated heterocycles. The van der Waals surface area contributed by atoms with Crippen molar-refractivity contribution in [1.82, 2.24) is 29.1 Å². The Kier molecular flexibility index (Phi) is 12.5. The van der Waals surface area contributed by atoms with Gasteiger partial charge in [-0.3, -0.25) is 14.2 Å². The number of hydrogen-bond donors (Lipinski definition) is 0. The Bertz CT molecular complexity index is 2070. The summed E-state index contributed by atoms with van der Waals surface area (Å²) in [5.74, 6) is 0.747. The molecule has 0 aliphatic heterocycles. The highest BCUT2D eigenvalue weighted by atomic mass is 32.2. The van der Waals surface area contributed by atoms with Crippen molar-refractivity contribution in [3.8, 4) is 51.7 Å². The topological polar surface area (TPSA) is 150 Å². The highest BCUT2D eigenvalue weighted by molar-refractivity contribution is 7.99. The van der Waals surface area contributed by atoms with Gasteiger partial charge in [-0.05, 0) is 61.2 Å². The molecule has 0 radical (unpaired) electrons. The maximum atomic E-state index is 12.6. The van der Waals surface area contributed by atoms with Crippen molar-refractivity contribution >= 4 is 11.8 Å². The molecule has 20 heteroatoms. The molecule has 0 unspecified atom stereocenters. The number of alkyl halides is 6. The van der Waals surface area contributed by atoms with E-state index in [0.29, 0.717) is 39.4 Å². The van der Waals surface area contributed by atoms with Crippen LogP contribution in [0.5, 0.6) is 17.5 Å². The van der Waals surface area contributed by atoms with Crippen LogP contribution in [-0.2, 0) is 0 Å². The van der Waals surface area contributed by atoms with Crippen LogP contribution in [0.15, 0.2) is 110 Å². The second-order valence-corrected chi connectivity index (χ2v) is 11.8. The molecule has 0 N–H and O–H groups in total. The summed E-state index contributed by atoms with van der Waals surface area (Å²) in [6.45, 7) is 1.12. The molecular weight excluding hydrogens is 750 g/mol. The van der Waals surface area contributed by atoms with Gasteiger partial charge in [-0.15, -0.1) is 0 Å². The van der Waals surface area contributed by atoms with E-state index in [1.165, 1.54) is 107 Å². The number of nitrogens with zero attached hydrogens (tertiary/aromatic N) is 6. The van der Waals surface area contributed by atoms with Gasteiger partial charge in [0.05, 0.1) is 18.0 Å². The van der Waals surface area contributed by atoms with Gasteiger partial charge in [-0.2, -0.15) is 31.3 Å². The third-order valence-electron chi connectivity index (χ3n) is 6.71. The first-order valence-corrected chi connectivity index (χ1v) is 16.6. The Morgan fingerprint density at radius 3 is 1.54 bits per heavy atom. The molecular formula is C34H28F6N6O7S. The Hall–Kier alpha value is -6.05. The van der Waals surface area contributed by atoms with Crippen LogP contribution in [0.2, 0.25) is 0 Å². The number of oxazole rings is 2. The zero-order valence-corrected chi connectivity index (χ0v) is 28.9. The number of ether oxygens (including phenoxy) is 3. The number of halogens is 6. The summed E-state index contributed by atoms with van der Waals surface area (Å²) in [7, 11) is 0. The van der Waals surface area contributed by atoms with E-state index in [0.717, 1.165) is 0 Å². The van der Waals surface area contributed by atoms with Gasteiger partial charge in [-0.1, -0.05) is 18.7 Å². The average molecular weight is 779 g/mol. The lowest BCUT2D eigenvalue weighted by atomic mass is 10.3. The van der Waals surface area contributed by atoms with Crippen molar-refractivity contribution < 1.29 is 49.4 Å². The average Bonchev–Trinajstić information content (AvgIpc) is 3.87. The number of hydrogen-bond acceptors (Lipinski definition) is 12. The van der Waals surface area contributed by atoms with Gasteiger partial charge in [0.25, 0.3) is 11.1 Å². The number of benzene rings is 2. The molecule has 6 aromatic rings. The van der Waals surface area contributed by atoms with E-state index >= 15 is 0 Å². The van der Waals surface area contributed by atoms with Gasteiger partial charge < -0.3 is 23.0 Å². The molecule has 284 valence electrons. The monoisotopic (exact) mass is 778 g/mol. The molecule has 4 heterocycles. The van der Waals surface area contributed by atoms with Crippen LogP contribution in [0, 0.1) is 0 Å². The third kappa shape index (κ3) is 10.5. The minimum absolute atomic E-state index is 0.0203. The molecule has 0 amide bonds. The zero-order chi connectivity index (χ0) is 38.9. The Morgan fingerprint density at radius 1 is 0.648 bits per heavy atom. The summed E-state index contributed by atoms with van der Waals surface area (Å²) >= 11 is 1.35. The SMILES string of the molecule is CCOc1nc(-c2cocn2)cc(=O)n1-c1ccc(OCC(F)(F)F)cc1.CCSc1nc(-c2cocn2)cc(=O)n1-c1ccc(OCC(F)(F)F)cc1.